The third-order valence-electron chi connectivity index (χ3n) is 6.35. The first-order valence-corrected chi connectivity index (χ1v) is 11.5. The second-order valence-electron chi connectivity index (χ2n) is 8.70. The molecule has 2 heterocycles. The first-order chi connectivity index (χ1) is 16.7. The molecule has 3 aromatic rings. The summed E-state index contributed by atoms with van der Waals surface area (Å²) in [6.45, 7) is 3.81. The molecule has 2 aliphatic heterocycles. The van der Waals surface area contributed by atoms with Crippen molar-refractivity contribution >= 4 is 46.7 Å². The highest BCUT2D eigenvalue weighted by molar-refractivity contribution is 6.34. The zero-order valence-electron chi connectivity index (χ0n) is 19.1. The maximum Gasteiger partial charge on any atom is 0.316 e. The largest absolute Gasteiger partial charge is 0.426 e. The lowest BCUT2D eigenvalue weighted by molar-refractivity contribution is -0.139. The van der Waals surface area contributed by atoms with Gasteiger partial charge in [-0.05, 0) is 67.4 Å². The van der Waals surface area contributed by atoms with Gasteiger partial charge in [-0.1, -0.05) is 29.8 Å². The topological polar surface area (TPSA) is 84.0 Å². The molecule has 0 saturated carbocycles. The van der Waals surface area contributed by atoms with Crippen molar-refractivity contribution in [3.63, 3.8) is 0 Å². The molecule has 0 spiro atoms. The molecule has 8 heteroatoms. The number of carbonyl (C=O) groups excluding carboxylic acids is 4. The molecule has 0 aromatic heterocycles. The van der Waals surface area contributed by atoms with Crippen LogP contribution in [0.2, 0.25) is 5.02 Å². The Morgan fingerprint density at radius 3 is 2.23 bits per heavy atom. The lowest BCUT2D eigenvalue weighted by Gasteiger charge is -2.18. The number of aryl methyl sites for hydroxylation is 2. The summed E-state index contributed by atoms with van der Waals surface area (Å²) in [5, 5.41) is 0.551. The van der Waals surface area contributed by atoms with Gasteiger partial charge in [0.2, 0.25) is 5.91 Å². The van der Waals surface area contributed by atoms with E-state index >= 15 is 0 Å². The summed E-state index contributed by atoms with van der Waals surface area (Å²) in [5.41, 5.74) is 3.29. The van der Waals surface area contributed by atoms with Crippen molar-refractivity contribution in [2.75, 3.05) is 16.3 Å². The molecule has 35 heavy (non-hydrogen) atoms. The maximum absolute atomic E-state index is 12.8. The van der Waals surface area contributed by atoms with Crippen LogP contribution in [-0.4, -0.2) is 30.2 Å². The van der Waals surface area contributed by atoms with Crippen molar-refractivity contribution in [3.8, 4) is 5.75 Å². The molecule has 2 aliphatic rings. The van der Waals surface area contributed by atoms with Crippen LogP contribution in [0.4, 0.5) is 11.4 Å². The third-order valence-corrected chi connectivity index (χ3v) is 6.75. The van der Waals surface area contributed by atoms with E-state index in [4.69, 9.17) is 16.3 Å². The molecule has 0 bridgehead atoms. The lowest BCUT2D eigenvalue weighted by atomic mass is 10.1. The monoisotopic (exact) mass is 488 g/mol. The molecule has 7 nitrogen and oxygen atoms in total. The summed E-state index contributed by atoms with van der Waals surface area (Å²) in [4.78, 5) is 53.6. The highest BCUT2D eigenvalue weighted by Gasteiger charge is 2.38. The van der Waals surface area contributed by atoms with Gasteiger partial charge in [-0.25, -0.2) is 4.90 Å². The number of nitrogens with zero attached hydrogens (tertiary/aromatic N) is 2. The predicted octanol–water partition coefficient (Wildman–Crippen LogP) is 4.72. The number of imide groups is 1. The summed E-state index contributed by atoms with van der Waals surface area (Å²) in [6, 6.07) is 16.7. The molecule has 1 fully saturated rings. The van der Waals surface area contributed by atoms with Gasteiger partial charge in [-0.2, -0.15) is 0 Å². The van der Waals surface area contributed by atoms with E-state index in [1.54, 1.807) is 55.5 Å². The molecule has 0 N–H and O–H groups in total. The van der Waals surface area contributed by atoms with Gasteiger partial charge in [0, 0.05) is 23.7 Å². The standard InChI is InChI=1S/C27H21ClN2O5/c1-15-7-8-18(13-22(15)28)29-14-17(12-24(29)31)27(34)35-19-9-10-23(16(2)11-19)30-25(32)20-5-3-4-6-21(20)26(30)33/h3-11,13,17H,12,14H2,1-2H3/t17-/m1/s1. The quantitative estimate of drug-likeness (QED) is 0.301. The van der Waals surface area contributed by atoms with Crippen molar-refractivity contribution in [3.05, 3.63) is 87.9 Å². The number of hydrogen-bond acceptors (Lipinski definition) is 5. The van der Waals surface area contributed by atoms with Crippen LogP contribution in [0.1, 0.15) is 38.3 Å². The van der Waals surface area contributed by atoms with Crippen molar-refractivity contribution in [2.45, 2.75) is 20.3 Å². The Morgan fingerprint density at radius 2 is 1.60 bits per heavy atom. The first kappa shape index (κ1) is 22.8. The molecule has 0 unspecified atom stereocenters. The molecule has 0 radical (unpaired) electrons. The summed E-state index contributed by atoms with van der Waals surface area (Å²) >= 11 is 6.19. The molecule has 3 aromatic carbocycles. The Labute approximate surface area is 206 Å². The molecule has 1 saturated heterocycles. The molecular weight excluding hydrogens is 468 g/mol. The van der Waals surface area contributed by atoms with E-state index in [0.29, 0.717) is 33.1 Å². The highest BCUT2D eigenvalue weighted by atomic mass is 35.5. The van der Waals surface area contributed by atoms with Crippen LogP contribution in [0, 0.1) is 19.8 Å². The third kappa shape index (κ3) is 3.98. The van der Waals surface area contributed by atoms with Gasteiger partial charge >= 0.3 is 5.97 Å². The predicted molar refractivity (Wildman–Crippen MR) is 131 cm³/mol. The van der Waals surface area contributed by atoms with Crippen LogP contribution in [0.3, 0.4) is 0 Å². The summed E-state index contributed by atoms with van der Waals surface area (Å²) in [6.07, 6.45) is 0.0381. The van der Waals surface area contributed by atoms with E-state index < -0.39 is 11.9 Å². The van der Waals surface area contributed by atoms with E-state index in [9.17, 15) is 19.2 Å². The zero-order chi connectivity index (χ0) is 24.9. The number of anilines is 2. The number of benzene rings is 3. The number of esters is 1. The number of fused-ring (bicyclic) bond motifs is 1. The maximum atomic E-state index is 12.8. The van der Waals surface area contributed by atoms with Gasteiger partial charge in [-0.15, -0.1) is 0 Å². The minimum absolute atomic E-state index is 0.0381. The molecule has 176 valence electrons. The van der Waals surface area contributed by atoms with Gasteiger partial charge in [0.05, 0.1) is 22.7 Å². The van der Waals surface area contributed by atoms with Crippen LogP contribution in [0.5, 0.6) is 5.75 Å². The van der Waals surface area contributed by atoms with Crippen LogP contribution in [0.25, 0.3) is 0 Å². The molecule has 1 atom stereocenters. The molecule has 3 amide bonds. The SMILES string of the molecule is Cc1ccc(N2C[C@H](C(=O)Oc3ccc(N4C(=O)c5ccccc5C4=O)c(C)c3)CC2=O)cc1Cl. The van der Waals surface area contributed by atoms with Crippen LogP contribution >= 0.6 is 11.6 Å². The summed E-state index contributed by atoms with van der Waals surface area (Å²) < 4.78 is 5.56. The highest BCUT2D eigenvalue weighted by Crippen LogP contribution is 2.33. The summed E-state index contributed by atoms with van der Waals surface area (Å²) in [7, 11) is 0. The Hall–Kier alpha value is -3.97. The number of halogens is 1. The zero-order valence-corrected chi connectivity index (χ0v) is 19.8. The minimum atomic E-state index is -0.626. The Balaban J connectivity index is 1.30. The van der Waals surface area contributed by atoms with Gasteiger partial charge in [0.15, 0.2) is 0 Å². The Kier molecular flexibility index (Phi) is 5.65. The summed E-state index contributed by atoms with van der Waals surface area (Å²) in [5.74, 6) is -1.83. The Bertz CT molecular complexity index is 1380. The number of rotatable bonds is 4. The number of amides is 3. The van der Waals surface area contributed by atoms with Crippen molar-refractivity contribution in [1.29, 1.82) is 0 Å². The van der Waals surface area contributed by atoms with E-state index in [2.05, 4.69) is 0 Å². The van der Waals surface area contributed by atoms with Gasteiger partial charge < -0.3 is 9.64 Å². The van der Waals surface area contributed by atoms with E-state index in [1.807, 2.05) is 13.0 Å². The molecular formula is C27H21ClN2O5. The van der Waals surface area contributed by atoms with Crippen LogP contribution in [-0.2, 0) is 9.59 Å². The number of carbonyl (C=O) groups is 4. The lowest BCUT2D eigenvalue weighted by Crippen LogP contribution is -2.30. The van der Waals surface area contributed by atoms with Gasteiger partial charge in [-0.3, -0.25) is 19.2 Å². The average molecular weight is 489 g/mol. The second-order valence-corrected chi connectivity index (χ2v) is 9.11. The van der Waals surface area contributed by atoms with Crippen LogP contribution in [0.15, 0.2) is 60.7 Å². The fourth-order valence-electron chi connectivity index (χ4n) is 4.41. The van der Waals surface area contributed by atoms with Crippen LogP contribution < -0.4 is 14.5 Å². The van der Waals surface area contributed by atoms with Gasteiger partial charge in [0.1, 0.15) is 5.75 Å². The van der Waals surface area contributed by atoms with Gasteiger partial charge in [0.25, 0.3) is 11.8 Å². The molecule has 0 aliphatic carbocycles. The van der Waals surface area contributed by atoms with Crippen molar-refractivity contribution in [1.82, 2.24) is 0 Å². The number of ether oxygens (including phenoxy) is 1. The fourth-order valence-corrected chi connectivity index (χ4v) is 4.59. The van der Waals surface area contributed by atoms with Crippen molar-refractivity contribution < 1.29 is 23.9 Å². The van der Waals surface area contributed by atoms with Crippen molar-refractivity contribution in [2.24, 2.45) is 5.92 Å². The first-order valence-electron chi connectivity index (χ1n) is 11.1. The van der Waals surface area contributed by atoms with E-state index in [-0.39, 0.29) is 36.4 Å². The smallest absolute Gasteiger partial charge is 0.316 e. The average Bonchev–Trinajstić information content (AvgIpc) is 3.34. The fraction of sp³-hybridized carbons (Fsp3) is 0.185. The normalized spacial score (nSPS) is 17.2. The number of hydrogen-bond donors (Lipinski definition) is 0. The van der Waals surface area contributed by atoms with E-state index in [0.717, 1.165) is 10.5 Å². The molecule has 5 rings (SSSR count). The minimum Gasteiger partial charge on any atom is -0.426 e. The second kappa shape index (κ2) is 8.67. The van der Waals surface area contributed by atoms with E-state index in [1.165, 1.54) is 11.0 Å². The Morgan fingerprint density at radius 1 is 0.914 bits per heavy atom.